The maximum atomic E-state index is 6.25. The Hall–Kier alpha value is -3.73. The van der Waals surface area contributed by atoms with Crippen molar-refractivity contribution in [2.45, 2.75) is 93.9 Å². The SMILES string of the molecule is Cc1cc(C)c(-n2cc3c(C(C)(C)C)c(C(C)(C)C)c4cn(-c5c(C)cc(C)cc5C)[cH-]n-4n-3[cH-]2)c(C)c1.[C-]#N.[C-]#N.[Pt+4]. The molecule has 5 rings (SSSR count). The molecule has 0 aromatic heterocycles. The smallest absolute Gasteiger partial charge is 0.512 e. The van der Waals surface area contributed by atoms with Gasteiger partial charge in [-0.05, 0) is 75.1 Å². The fourth-order valence-corrected chi connectivity index (χ4v) is 6.69. The number of nitrogens with zero attached hydrogens (tertiary/aromatic N) is 6. The van der Waals surface area contributed by atoms with Crippen molar-refractivity contribution in [1.82, 2.24) is 18.5 Å². The van der Waals surface area contributed by atoms with Crippen LogP contribution in [0.2, 0.25) is 0 Å². The number of hydrogen-bond donors (Lipinski definition) is 0. The van der Waals surface area contributed by atoms with Gasteiger partial charge in [0.1, 0.15) is 0 Å². The number of hydrogen-bond acceptors (Lipinski definition) is 2. The van der Waals surface area contributed by atoms with Gasteiger partial charge in [0.05, 0.1) is 0 Å². The van der Waals surface area contributed by atoms with Gasteiger partial charge < -0.3 is 42.2 Å². The van der Waals surface area contributed by atoms with Crippen LogP contribution in [-0.4, -0.2) is 18.5 Å². The Bertz CT molecular complexity index is 1560. The fraction of sp³-hybridized carbons (Fsp3) is 0.389. The van der Waals surface area contributed by atoms with Crippen LogP contribution in [0.15, 0.2) is 49.3 Å². The first-order valence-electron chi connectivity index (χ1n) is 14.2. The predicted octanol–water partition coefficient (Wildman–Crippen LogP) is 8.92. The third-order valence-corrected chi connectivity index (χ3v) is 7.77. The van der Waals surface area contributed by atoms with Crippen LogP contribution in [0, 0.1) is 65.2 Å². The van der Waals surface area contributed by atoms with Gasteiger partial charge >= 0.3 is 21.1 Å². The Morgan fingerprint density at radius 1 is 0.535 bits per heavy atom. The second kappa shape index (κ2) is 12.9. The van der Waals surface area contributed by atoms with E-state index in [1.165, 1.54) is 67.3 Å². The Labute approximate surface area is 272 Å². The van der Waals surface area contributed by atoms with Crippen LogP contribution in [0.1, 0.15) is 86.1 Å². The molecule has 228 valence electrons. The molecule has 3 heterocycles. The molecule has 7 heteroatoms. The van der Waals surface area contributed by atoms with Crippen LogP contribution in [0.5, 0.6) is 0 Å². The summed E-state index contributed by atoms with van der Waals surface area (Å²) < 4.78 is 9.35. The number of fused-ring (bicyclic) bond motifs is 3. The van der Waals surface area contributed by atoms with Crippen molar-refractivity contribution in [3.05, 3.63) is 107 Å². The van der Waals surface area contributed by atoms with Gasteiger partial charge in [-0.1, -0.05) is 123 Å². The second-order valence-electron chi connectivity index (χ2n) is 13.5. The normalized spacial score (nSPS) is 11.3. The molecule has 0 fully saturated rings. The standard InChI is InChI=1S/C34H44N4.2CN.Pt/c1-21-13-23(3)31(24(4)14-21)35-17-27-29(33(7,8)9)30(34(10,11)12)28-18-36(20-38(28)37(27)19-35)32-25(5)15-22(2)16-26(32)6;2*1-2;/h13-20H,1-12H3;;;/q-2;2*-1;+4. The molecule has 0 aliphatic carbocycles. The molecule has 0 N–H and O–H groups in total. The average molecular weight is 756 g/mol. The topological polar surface area (TPSA) is 67.3 Å². The fourth-order valence-electron chi connectivity index (χ4n) is 6.69. The molecule has 0 saturated heterocycles. The van der Waals surface area contributed by atoms with Crippen LogP contribution in [-0.2, 0) is 31.9 Å². The minimum Gasteiger partial charge on any atom is -0.512 e. The van der Waals surface area contributed by atoms with E-state index in [9.17, 15) is 0 Å². The van der Waals surface area contributed by atoms with Gasteiger partial charge in [0.2, 0.25) is 0 Å². The number of aromatic nitrogens is 4. The molecule has 3 aliphatic heterocycles. The van der Waals surface area contributed by atoms with Crippen molar-refractivity contribution in [1.29, 1.82) is 10.5 Å². The van der Waals surface area contributed by atoms with E-state index in [0.29, 0.717) is 0 Å². The van der Waals surface area contributed by atoms with Gasteiger partial charge in [0.25, 0.3) is 0 Å². The van der Waals surface area contributed by atoms with Crippen LogP contribution in [0.25, 0.3) is 22.7 Å². The van der Waals surface area contributed by atoms with Crippen LogP contribution >= 0.6 is 0 Å². The van der Waals surface area contributed by atoms with E-state index in [0.717, 1.165) is 0 Å². The summed E-state index contributed by atoms with van der Waals surface area (Å²) in [5.41, 5.74) is 15.5. The van der Waals surface area contributed by atoms with E-state index < -0.39 is 0 Å². The number of imidazole rings is 2. The molecular formula is C36H44N6Pt. The zero-order valence-electron chi connectivity index (χ0n) is 27.6. The van der Waals surface area contributed by atoms with Gasteiger partial charge in [-0.15, -0.1) is 0 Å². The van der Waals surface area contributed by atoms with E-state index >= 15 is 0 Å². The first-order chi connectivity index (χ1) is 19.6. The Balaban J connectivity index is 0.00000124. The Morgan fingerprint density at radius 3 is 1.02 bits per heavy atom. The third-order valence-electron chi connectivity index (χ3n) is 7.77. The molecule has 2 aromatic rings. The number of rotatable bonds is 2. The first kappa shape index (κ1) is 35.5. The van der Waals surface area contributed by atoms with Crippen molar-refractivity contribution < 1.29 is 21.1 Å². The van der Waals surface area contributed by atoms with Crippen molar-refractivity contribution in [3.63, 3.8) is 0 Å². The maximum Gasteiger partial charge on any atom is 4.00 e. The van der Waals surface area contributed by atoms with Gasteiger partial charge in [0.15, 0.2) is 0 Å². The van der Waals surface area contributed by atoms with Gasteiger partial charge in [-0.25, -0.2) is 0 Å². The monoisotopic (exact) mass is 755 g/mol. The largest absolute Gasteiger partial charge is 4.00 e. The van der Waals surface area contributed by atoms with Crippen molar-refractivity contribution >= 4 is 0 Å². The van der Waals surface area contributed by atoms with E-state index in [1.54, 1.807) is 0 Å². The molecule has 0 spiro atoms. The molecule has 3 aliphatic rings. The summed E-state index contributed by atoms with van der Waals surface area (Å²) >= 11 is 0. The summed E-state index contributed by atoms with van der Waals surface area (Å²) in [7, 11) is 0. The van der Waals surface area contributed by atoms with Crippen molar-refractivity contribution in [2.75, 3.05) is 0 Å². The molecule has 0 unspecified atom stereocenters. The van der Waals surface area contributed by atoms with Crippen molar-refractivity contribution in [3.8, 4) is 22.7 Å². The Kier molecular flexibility index (Phi) is 10.6. The van der Waals surface area contributed by atoms with Gasteiger partial charge in [-0.3, -0.25) is 0 Å². The Morgan fingerprint density at radius 2 is 0.791 bits per heavy atom. The van der Waals surface area contributed by atoms with Crippen molar-refractivity contribution in [2.24, 2.45) is 0 Å². The van der Waals surface area contributed by atoms with Crippen LogP contribution in [0.4, 0.5) is 0 Å². The molecule has 0 bridgehead atoms. The molecule has 0 atom stereocenters. The summed E-state index contributed by atoms with van der Waals surface area (Å²) in [6, 6.07) is 9.13. The first-order valence-corrected chi connectivity index (χ1v) is 14.2. The molecule has 6 nitrogen and oxygen atoms in total. The van der Waals surface area contributed by atoms with E-state index in [-0.39, 0.29) is 31.9 Å². The molecule has 2 aromatic carbocycles. The van der Waals surface area contributed by atoms with E-state index in [1.807, 2.05) is 0 Å². The number of benzene rings is 2. The quantitative estimate of drug-likeness (QED) is 0.169. The van der Waals surface area contributed by atoms with Gasteiger partial charge in [0, 0.05) is 12.7 Å². The average Bonchev–Trinajstić information content (AvgIpc) is 3.47. The van der Waals surface area contributed by atoms with Gasteiger partial charge in [-0.2, -0.15) is 0 Å². The minimum atomic E-state index is -0.0377. The van der Waals surface area contributed by atoms with Crippen LogP contribution in [0.3, 0.4) is 0 Å². The summed E-state index contributed by atoms with van der Waals surface area (Å²) in [4.78, 5) is 0. The zero-order valence-corrected chi connectivity index (χ0v) is 29.9. The molecule has 0 amide bonds. The second-order valence-corrected chi connectivity index (χ2v) is 13.5. The summed E-state index contributed by atoms with van der Waals surface area (Å²) in [6.45, 7) is 36.8. The molecule has 0 radical (unpaired) electrons. The third kappa shape index (κ3) is 6.46. The maximum absolute atomic E-state index is 6.25. The minimum absolute atomic E-state index is 0. The van der Waals surface area contributed by atoms with E-state index in [2.05, 4.69) is 151 Å². The summed E-state index contributed by atoms with van der Waals surface area (Å²) in [5.74, 6) is 0. The molecule has 43 heavy (non-hydrogen) atoms. The zero-order chi connectivity index (χ0) is 31.9. The van der Waals surface area contributed by atoms with E-state index in [4.69, 9.17) is 23.7 Å². The molecule has 0 saturated carbocycles. The predicted molar refractivity (Wildman–Crippen MR) is 171 cm³/mol. The number of aryl methyl sites for hydroxylation is 6. The molecular weight excluding hydrogens is 712 g/mol. The summed E-state index contributed by atoms with van der Waals surface area (Å²) in [6.07, 6.45) is 9.20. The van der Waals surface area contributed by atoms with Crippen LogP contribution < -0.4 is 0 Å². The summed E-state index contributed by atoms with van der Waals surface area (Å²) in [5, 5.41) is 12.5.